The minimum atomic E-state index is -0.467. The first-order chi connectivity index (χ1) is 10.6. The van der Waals surface area contributed by atoms with Gasteiger partial charge in [-0.2, -0.15) is 0 Å². The third-order valence-corrected chi connectivity index (χ3v) is 7.31. The van der Waals surface area contributed by atoms with Crippen molar-refractivity contribution in [3.63, 3.8) is 0 Å². The van der Waals surface area contributed by atoms with E-state index in [4.69, 9.17) is 11.5 Å². The Bertz CT molecular complexity index is 308. The van der Waals surface area contributed by atoms with Crippen LogP contribution in [0.4, 0.5) is 0 Å². The highest BCUT2D eigenvalue weighted by molar-refractivity contribution is 5.02. The fourth-order valence-corrected chi connectivity index (χ4v) is 5.40. The summed E-state index contributed by atoms with van der Waals surface area (Å²) < 4.78 is 0. The molecule has 0 aromatic heterocycles. The van der Waals surface area contributed by atoms with Crippen LogP contribution in [0.15, 0.2) is 0 Å². The summed E-state index contributed by atoms with van der Waals surface area (Å²) in [6.45, 7) is 4.64. The smallest absolute Gasteiger partial charge is 0.0723 e. The fourth-order valence-electron chi connectivity index (χ4n) is 5.40. The average Bonchev–Trinajstić information content (AvgIpc) is 2.58. The molecule has 2 aliphatic rings. The fraction of sp³-hybridized carbons (Fsp3) is 1.00. The van der Waals surface area contributed by atoms with Crippen molar-refractivity contribution in [2.45, 2.75) is 109 Å². The van der Waals surface area contributed by atoms with Gasteiger partial charge in [-0.3, -0.25) is 0 Å². The van der Waals surface area contributed by atoms with Gasteiger partial charge in [0, 0.05) is 5.41 Å². The van der Waals surface area contributed by atoms with Crippen molar-refractivity contribution in [2.75, 3.05) is 0 Å². The molecule has 2 saturated carbocycles. The van der Waals surface area contributed by atoms with E-state index in [0.717, 1.165) is 18.8 Å². The molecule has 0 bridgehead atoms. The minimum Gasteiger partial charge on any atom is -0.313 e. The topological polar surface area (TPSA) is 52.0 Å². The van der Waals surface area contributed by atoms with E-state index in [0.29, 0.717) is 5.92 Å². The number of hydrogen-bond donors (Lipinski definition) is 2. The Morgan fingerprint density at radius 3 is 1.77 bits per heavy atom. The van der Waals surface area contributed by atoms with Gasteiger partial charge in [0.1, 0.15) is 0 Å². The Morgan fingerprint density at radius 2 is 1.27 bits per heavy atom. The molecule has 0 aromatic rings. The molecule has 0 heterocycles. The Labute approximate surface area is 138 Å². The maximum absolute atomic E-state index is 6.89. The van der Waals surface area contributed by atoms with Gasteiger partial charge < -0.3 is 11.5 Å². The molecular weight excluding hydrogens is 268 g/mol. The van der Waals surface area contributed by atoms with Gasteiger partial charge in [0.25, 0.3) is 0 Å². The molecule has 0 spiro atoms. The van der Waals surface area contributed by atoms with Gasteiger partial charge in [0.15, 0.2) is 0 Å². The van der Waals surface area contributed by atoms with Crippen LogP contribution in [0.25, 0.3) is 0 Å². The van der Waals surface area contributed by atoms with Crippen LogP contribution in [0.3, 0.4) is 0 Å². The maximum atomic E-state index is 6.89. The van der Waals surface area contributed by atoms with Crippen molar-refractivity contribution in [2.24, 2.45) is 28.7 Å². The summed E-state index contributed by atoms with van der Waals surface area (Å²) in [5.41, 5.74) is 13.4. The predicted molar refractivity (Wildman–Crippen MR) is 96.5 cm³/mol. The quantitative estimate of drug-likeness (QED) is 0.623. The van der Waals surface area contributed by atoms with E-state index in [1.807, 2.05) is 0 Å². The highest BCUT2D eigenvalue weighted by atomic mass is 15.0. The molecule has 0 aliphatic heterocycles. The second kappa shape index (κ2) is 8.15. The number of hydrogen-bond acceptors (Lipinski definition) is 2. The second-order valence-corrected chi connectivity index (χ2v) is 8.30. The summed E-state index contributed by atoms with van der Waals surface area (Å²) >= 11 is 0. The zero-order valence-corrected chi connectivity index (χ0v) is 15.2. The molecule has 22 heavy (non-hydrogen) atoms. The molecule has 0 aromatic carbocycles. The summed E-state index contributed by atoms with van der Waals surface area (Å²) in [6, 6.07) is 0. The highest BCUT2D eigenvalue weighted by Gasteiger charge is 2.48. The minimum absolute atomic E-state index is 0.145. The Morgan fingerprint density at radius 1 is 0.773 bits per heavy atom. The molecule has 0 atom stereocenters. The van der Waals surface area contributed by atoms with Crippen molar-refractivity contribution in [1.82, 2.24) is 0 Å². The SMILES string of the molecule is CCC(CC)(CCC1CCCCC1)C(N)(N)C1CCCCC1. The zero-order valence-electron chi connectivity index (χ0n) is 15.2. The molecule has 2 nitrogen and oxygen atoms in total. The molecule has 2 fully saturated rings. The first kappa shape index (κ1) is 18.3. The average molecular weight is 309 g/mol. The third kappa shape index (κ3) is 3.87. The lowest BCUT2D eigenvalue weighted by atomic mass is 9.60. The molecule has 0 radical (unpaired) electrons. The summed E-state index contributed by atoms with van der Waals surface area (Å²) in [6.07, 6.45) is 18.6. The zero-order chi connectivity index (χ0) is 16.1. The van der Waals surface area contributed by atoms with Crippen molar-refractivity contribution >= 4 is 0 Å². The van der Waals surface area contributed by atoms with E-state index in [-0.39, 0.29) is 5.41 Å². The Hall–Kier alpha value is -0.0800. The second-order valence-electron chi connectivity index (χ2n) is 8.30. The van der Waals surface area contributed by atoms with Crippen LogP contribution in [0.2, 0.25) is 0 Å². The standard InChI is InChI=1S/C20H40N2/c1-3-19(4-2,16-15-17-11-7-5-8-12-17)20(21,22)18-13-9-6-10-14-18/h17-18H,3-16,21-22H2,1-2H3. The van der Waals surface area contributed by atoms with Crippen LogP contribution >= 0.6 is 0 Å². The molecule has 0 saturated heterocycles. The lowest BCUT2D eigenvalue weighted by molar-refractivity contribution is 0.0220. The van der Waals surface area contributed by atoms with E-state index in [1.54, 1.807) is 0 Å². The Kier molecular flexibility index (Phi) is 6.76. The molecule has 4 N–H and O–H groups in total. The lowest BCUT2D eigenvalue weighted by Crippen LogP contribution is -2.67. The molecule has 0 amide bonds. The lowest BCUT2D eigenvalue weighted by Gasteiger charge is -2.51. The van der Waals surface area contributed by atoms with Gasteiger partial charge in [-0.1, -0.05) is 65.2 Å². The molecular formula is C20H40N2. The van der Waals surface area contributed by atoms with Crippen LogP contribution in [0.5, 0.6) is 0 Å². The van der Waals surface area contributed by atoms with Gasteiger partial charge >= 0.3 is 0 Å². The van der Waals surface area contributed by atoms with Gasteiger partial charge in [0.2, 0.25) is 0 Å². The predicted octanol–water partition coefficient (Wildman–Crippen LogP) is 5.35. The van der Waals surface area contributed by atoms with Crippen LogP contribution in [0.1, 0.15) is 104 Å². The summed E-state index contributed by atoms with van der Waals surface area (Å²) in [4.78, 5) is 0. The van der Waals surface area contributed by atoms with E-state index < -0.39 is 5.66 Å². The monoisotopic (exact) mass is 308 g/mol. The highest BCUT2D eigenvalue weighted by Crippen LogP contribution is 2.47. The van der Waals surface area contributed by atoms with Gasteiger partial charge in [-0.15, -0.1) is 0 Å². The normalized spacial score (nSPS) is 22.9. The van der Waals surface area contributed by atoms with Gasteiger partial charge in [0.05, 0.1) is 5.66 Å². The Balaban J connectivity index is 2.04. The van der Waals surface area contributed by atoms with Crippen LogP contribution < -0.4 is 11.5 Å². The molecule has 2 rings (SSSR count). The number of rotatable bonds is 7. The van der Waals surface area contributed by atoms with Crippen molar-refractivity contribution in [3.8, 4) is 0 Å². The largest absolute Gasteiger partial charge is 0.313 e. The molecule has 2 heteroatoms. The van der Waals surface area contributed by atoms with E-state index >= 15 is 0 Å². The first-order valence-corrected chi connectivity index (χ1v) is 10.1. The van der Waals surface area contributed by atoms with Gasteiger partial charge in [-0.05, 0) is 50.4 Å². The third-order valence-electron chi connectivity index (χ3n) is 7.31. The van der Waals surface area contributed by atoms with E-state index in [9.17, 15) is 0 Å². The number of nitrogens with two attached hydrogens (primary N) is 2. The molecule has 130 valence electrons. The van der Waals surface area contributed by atoms with Gasteiger partial charge in [-0.25, -0.2) is 0 Å². The van der Waals surface area contributed by atoms with Crippen LogP contribution in [-0.4, -0.2) is 5.66 Å². The summed E-state index contributed by atoms with van der Waals surface area (Å²) in [7, 11) is 0. The summed E-state index contributed by atoms with van der Waals surface area (Å²) in [5, 5.41) is 0. The first-order valence-electron chi connectivity index (χ1n) is 10.1. The van der Waals surface area contributed by atoms with Crippen LogP contribution in [-0.2, 0) is 0 Å². The van der Waals surface area contributed by atoms with Crippen LogP contribution in [0, 0.1) is 17.3 Å². The van der Waals surface area contributed by atoms with Crippen molar-refractivity contribution < 1.29 is 0 Å². The molecule has 2 aliphatic carbocycles. The van der Waals surface area contributed by atoms with Crippen molar-refractivity contribution in [1.29, 1.82) is 0 Å². The van der Waals surface area contributed by atoms with E-state index in [2.05, 4.69) is 13.8 Å². The van der Waals surface area contributed by atoms with Crippen molar-refractivity contribution in [3.05, 3.63) is 0 Å². The van der Waals surface area contributed by atoms with E-state index in [1.165, 1.54) is 77.0 Å². The summed E-state index contributed by atoms with van der Waals surface area (Å²) in [5.74, 6) is 1.47. The maximum Gasteiger partial charge on any atom is 0.0723 e. The molecule has 0 unspecified atom stereocenters.